The number of amides is 1. The average molecular weight is 292 g/mol. The van der Waals surface area contributed by atoms with Crippen LogP contribution in [0.5, 0.6) is 0 Å². The maximum absolute atomic E-state index is 13.2. The Labute approximate surface area is 123 Å². The van der Waals surface area contributed by atoms with Crippen LogP contribution in [0.2, 0.25) is 0 Å². The van der Waals surface area contributed by atoms with Crippen LogP contribution in [-0.4, -0.2) is 28.0 Å². The lowest BCUT2D eigenvalue weighted by atomic mass is 10.0. The normalized spacial score (nSPS) is 14.1. The highest BCUT2D eigenvalue weighted by atomic mass is 19.1. The summed E-state index contributed by atoms with van der Waals surface area (Å²) in [5.74, 6) is 0.227. The van der Waals surface area contributed by atoms with E-state index in [-0.39, 0.29) is 23.7 Å². The minimum absolute atomic E-state index is 0.0604. The number of nitrogens with zero attached hydrogens (tertiary/aromatic N) is 2. The highest BCUT2D eigenvalue weighted by Crippen LogP contribution is 2.16. The third-order valence-electron chi connectivity index (χ3n) is 3.79. The van der Waals surface area contributed by atoms with Gasteiger partial charge in [0.15, 0.2) is 0 Å². The van der Waals surface area contributed by atoms with Crippen LogP contribution in [0, 0.1) is 11.7 Å². The number of fused-ring (bicyclic) bond motifs is 1. The molecule has 1 aromatic heterocycles. The molecule has 0 saturated carbocycles. The number of rotatable bonds is 5. The molecule has 2 unspecified atom stereocenters. The Morgan fingerprint density at radius 2 is 2.19 bits per heavy atom. The van der Waals surface area contributed by atoms with Gasteiger partial charge in [0.2, 0.25) is 5.91 Å². The molecule has 1 amide bonds. The van der Waals surface area contributed by atoms with E-state index in [0.717, 1.165) is 11.3 Å². The fourth-order valence-corrected chi connectivity index (χ4v) is 2.14. The Hall–Kier alpha value is -1.95. The molecule has 3 N–H and O–H groups in total. The van der Waals surface area contributed by atoms with Crippen molar-refractivity contribution in [3.8, 4) is 0 Å². The summed E-state index contributed by atoms with van der Waals surface area (Å²) in [6.45, 7) is 4.09. The van der Waals surface area contributed by atoms with E-state index in [9.17, 15) is 9.18 Å². The molecule has 0 aliphatic carbocycles. The first kappa shape index (κ1) is 15.4. The summed E-state index contributed by atoms with van der Waals surface area (Å²) in [7, 11) is 1.88. The van der Waals surface area contributed by atoms with Gasteiger partial charge in [-0.05, 0) is 19.1 Å². The molecule has 0 saturated heterocycles. The van der Waals surface area contributed by atoms with E-state index in [1.807, 2.05) is 18.5 Å². The number of aromatic nitrogens is 2. The summed E-state index contributed by atoms with van der Waals surface area (Å²) in [6.07, 6.45) is 0.588. The summed E-state index contributed by atoms with van der Waals surface area (Å²) in [6, 6.07) is 4.36. The van der Waals surface area contributed by atoms with Crippen LogP contribution in [0.3, 0.4) is 0 Å². The summed E-state index contributed by atoms with van der Waals surface area (Å²) in [4.78, 5) is 16.2. The van der Waals surface area contributed by atoms with Gasteiger partial charge in [-0.25, -0.2) is 9.37 Å². The van der Waals surface area contributed by atoms with Gasteiger partial charge in [0.25, 0.3) is 0 Å². The number of imidazole rings is 1. The fourth-order valence-electron chi connectivity index (χ4n) is 2.14. The summed E-state index contributed by atoms with van der Waals surface area (Å²) in [5, 5.41) is 2.85. The van der Waals surface area contributed by atoms with Gasteiger partial charge in [-0.1, -0.05) is 6.92 Å². The lowest BCUT2D eigenvalue weighted by Crippen LogP contribution is -2.39. The topological polar surface area (TPSA) is 72.9 Å². The number of benzene rings is 1. The first-order valence-corrected chi connectivity index (χ1v) is 7.04. The maximum atomic E-state index is 13.2. The summed E-state index contributed by atoms with van der Waals surface area (Å²) >= 11 is 0. The maximum Gasteiger partial charge on any atom is 0.224 e. The minimum Gasteiger partial charge on any atom is -0.355 e. The molecule has 0 aliphatic heterocycles. The molecule has 1 heterocycles. The summed E-state index contributed by atoms with van der Waals surface area (Å²) in [5.41, 5.74) is 7.20. The van der Waals surface area contributed by atoms with Crippen LogP contribution in [-0.2, 0) is 18.3 Å². The van der Waals surface area contributed by atoms with Crippen molar-refractivity contribution >= 4 is 16.9 Å². The van der Waals surface area contributed by atoms with Crippen LogP contribution >= 0.6 is 0 Å². The zero-order valence-corrected chi connectivity index (χ0v) is 12.6. The van der Waals surface area contributed by atoms with E-state index < -0.39 is 0 Å². The number of nitrogens with one attached hydrogen (secondary N) is 1. The van der Waals surface area contributed by atoms with Crippen molar-refractivity contribution < 1.29 is 9.18 Å². The van der Waals surface area contributed by atoms with Gasteiger partial charge in [0, 0.05) is 38.0 Å². The molecular formula is C15H21FN4O. The molecule has 2 rings (SSSR count). The number of nitrogens with two attached hydrogens (primary N) is 1. The molecule has 1 aromatic carbocycles. The standard InChI is InChI=1S/C15H21FN4O/c1-9(10(2)17)15(21)18-7-6-14-19-12-8-11(16)4-5-13(12)20(14)3/h4-5,8-10H,6-7,17H2,1-3H3,(H,18,21). The Morgan fingerprint density at radius 1 is 1.48 bits per heavy atom. The molecular weight excluding hydrogens is 271 g/mol. The van der Waals surface area contributed by atoms with E-state index in [4.69, 9.17) is 5.73 Å². The van der Waals surface area contributed by atoms with E-state index in [1.165, 1.54) is 12.1 Å². The fraction of sp³-hybridized carbons (Fsp3) is 0.467. The largest absolute Gasteiger partial charge is 0.355 e. The first-order chi connectivity index (χ1) is 9.90. The molecule has 0 bridgehead atoms. The highest BCUT2D eigenvalue weighted by Gasteiger charge is 2.16. The van der Waals surface area contributed by atoms with Crippen molar-refractivity contribution in [3.63, 3.8) is 0 Å². The van der Waals surface area contributed by atoms with Crippen molar-refractivity contribution in [1.29, 1.82) is 0 Å². The van der Waals surface area contributed by atoms with Crippen LogP contribution in [0.25, 0.3) is 11.0 Å². The molecule has 0 aliphatic rings. The highest BCUT2D eigenvalue weighted by molar-refractivity contribution is 5.79. The molecule has 0 spiro atoms. The van der Waals surface area contributed by atoms with E-state index >= 15 is 0 Å². The molecule has 21 heavy (non-hydrogen) atoms. The number of aryl methyl sites for hydroxylation is 1. The minimum atomic E-state index is -0.300. The summed E-state index contributed by atoms with van der Waals surface area (Å²) < 4.78 is 15.1. The SMILES string of the molecule is CC(N)C(C)C(=O)NCCc1nc2cc(F)ccc2n1C. The Kier molecular flexibility index (Phi) is 4.57. The van der Waals surface area contributed by atoms with Crippen molar-refractivity contribution in [2.24, 2.45) is 18.7 Å². The smallest absolute Gasteiger partial charge is 0.224 e. The molecule has 114 valence electrons. The lowest BCUT2D eigenvalue weighted by Gasteiger charge is -2.15. The Balaban J connectivity index is 2.01. The van der Waals surface area contributed by atoms with Crippen molar-refractivity contribution in [2.75, 3.05) is 6.54 Å². The predicted octanol–water partition coefficient (Wildman–Crippen LogP) is 1.35. The second kappa shape index (κ2) is 6.22. The monoisotopic (exact) mass is 292 g/mol. The third-order valence-corrected chi connectivity index (χ3v) is 3.79. The van der Waals surface area contributed by atoms with E-state index in [1.54, 1.807) is 13.0 Å². The van der Waals surface area contributed by atoms with Crippen molar-refractivity contribution in [2.45, 2.75) is 26.3 Å². The van der Waals surface area contributed by atoms with Gasteiger partial charge in [-0.15, -0.1) is 0 Å². The van der Waals surface area contributed by atoms with Gasteiger partial charge in [-0.3, -0.25) is 4.79 Å². The van der Waals surface area contributed by atoms with Crippen molar-refractivity contribution in [3.05, 3.63) is 29.8 Å². The molecule has 2 aromatic rings. The van der Waals surface area contributed by atoms with E-state index in [2.05, 4.69) is 10.3 Å². The van der Waals surface area contributed by atoms with Gasteiger partial charge >= 0.3 is 0 Å². The van der Waals surface area contributed by atoms with Crippen LogP contribution in [0.1, 0.15) is 19.7 Å². The second-order valence-corrected chi connectivity index (χ2v) is 5.41. The number of halogens is 1. The van der Waals surface area contributed by atoms with Crippen LogP contribution in [0.4, 0.5) is 4.39 Å². The molecule has 6 heteroatoms. The average Bonchev–Trinajstić information content (AvgIpc) is 2.73. The predicted molar refractivity (Wildman–Crippen MR) is 80.2 cm³/mol. The quantitative estimate of drug-likeness (QED) is 0.874. The van der Waals surface area contributed by atoms with Crippen LogP contribution in [0.15, 0.2) is 18.2 Å². The van der Waals surface area contributed by atoms with Gasteiger partial charge in [0.05, 0.1) is 11.0 Å². The number of carbonyl (C=O) groups excluding carboxylic acids is 1. The number of hydrogen-bond donors (Lipinski definition) is 2. The Bertz CT molecular complexity index is 650. The second-order valence-electron chi connectivity index (χ2n) is 5.41. The molecule has 0 radical (unpaired) electrons. The molecule has 0 fully saturated rings. The first-order valence-electron chi connectivity index (χ1n) is 7.04. The number of carbonyl (C=O) groups is 1. The zero-order chi connectivity index (χ0) is 15.6. The number of hydrogen-bond acceptors (Lipinski definition) is 3. The van der Waals surface area contributed by atoms with Gasteiger partial charge in [0.1, 0.15) is 11.6 Å². The third kappa shape index (κ3) is 3.39. The van der Waals surface area contributed by atoms with Gasteiger partial charge in [-0.2, -0.15) is 0 Å². The van der Waals surface area contributed by atoms with Crippen LogP contribution < -0.4 is 11.1 Å². The Morgan fingerprint density at radius 3 is 2.86 bits per heavy atom. The van der Waals surface area contributed by atoms with E-state index in [0.29, 0.717) is 18.5 Å². The molecule has 2 atom stereocenters. The van der Waals surface area contributed by atoms with Gasteiger partial charge < -0.3 is 15.6 Å². The molecule has 5 nitrogen and oxygen atoms in total. The zero-order valence-electron chi connectivity index (χ0n) is 12.6. The van der Waals surface area contributed by atoms with Crippen molar-refractivity contribution in [1.82, 2.24) is 14.9 Å². The lowest BCUT2D eigenvalue weighted by molar-refractivity contribution is -0.124.